The zero-order valence-electron chi connectivity index (χ0n) is 19.0. The lowest BCUT2D eigenvalue weighted by Crippen LogP contribution is -2.29. The summed E-state index contributed by atoms with van der Waals surface area (Å²) in [6, 6.07) is 23.2. The Kier molecular flexibility index (Phi) is 5.88. The molecule has 4 aromatic carbocycles. The van der Waals surface area contributed by atoms with Crippen LogP contribution in [-0.2, 0) is 24.7 Å². The maximum absolute atomic E-state index is 12.3. The number of esters is 2. The van der Waals surface area contributed by atoms with E-state index in [2.05, 4.69) is 54.6 Å². The van der Waals surface area contributed by atoms with Gasteiger partial charge in [0, 0.05) is 0 Å². The predicted octanol–water partition coefficient (Wildman–Crippen LogP) is 6.51. The van der Waals surface area contributed by atoms with Gasteiger partial charge in [-0.3, -0.25) is 4.79 Å². The van der Waals surface area contributed by atoms with Gasteiger partial charge in [-0.25, -0.2) is 4.79 Å². The highest BCUT2D eigenvalue weighted by Crippen LogP contribution is 2.32. The van der Waals surface area contributed by atoms with Crippen molar-refractivity contribution in [3.63, 3.8) is 0 Å². The van der Waals surface area contributed by atoms with Gasteiger partial charge in [-0.15, -0.1) is 0 Å². The van der Waals surface area contributed by atoms with Crippen LogP contribution in [-0.4, -0.2) is 18.5 Å². The van der Waals surface area contributed by atoms with E-state index in [1.54, 1.807) is 6.92 Å². The first-order chi connectivity index (χ1) is 15.3. The lowest BCUT2D eigenvalue weighted by atomic mass is 9.93. The summed E-state index contributed by atoms with van der Waals surface area (Å²) in [5.74, 6) is -1.17. The van der Waals surface area contributed by atoms with Crippen LogP contribution in [0.1, 0.15) is 39.7 Å². The number of benzene rings is 4. The molecule has 164 valence electrons. The Hall–Kier alpha value is -3.40. The highest BCUT2D eigenvalue weighted by atomic mass is 16.6. The van der Waals surface area contributed by atoms with Crippen LogP contribution in [0.5, 0.6) is 0 Å². The molecule has 0 spiro atoms. The second-order valence-corrected chi connectivity index (χ2v) is 8.86. The highest BCUT2D eigenvalue weighted by molar-refractivity contribution is 6.04. The fraction of sp³-hybridized carbons (Fsp3) is 0.286. The molecule has 0 saturated carbocycles. The van der Waals surface area contributed by atoms with Crippen molar-refractivity contribution in [1.82, 2.24) is 0 Å². The monoisotopic (exact) mass is 428 g/mol. The molecule has 0 amide bonds. The van der Waals surface area contributed by atoms with E-state index in [1.165, 1.54) is 21.5 Å². The van der Waals surface area contributed by atoms with Gasteiger partial charge in [0.05, 0.1) is 5.92 Å². The van der Waals surface area contributed by atoms with E-state index < -0.39 is 11.6 Å². The number of carbonyl (C=O) groups is 2. The lowest BCUT2D eigenvalue weighted by Gasteiger charge is -2.26. The van der Waals surface area contributed by atoms with Crippen molar-refractivity contribution in [2.24, 2.45) is 5.92 Å². The Bertz CT molecular complexity index is 1320. The summed E-state index contributed by atoms with van der Waals surface area (Å²) in [4.78, 5) is 24.1. The van der Waals surface area contributed by atoms with Crippen LogP contribution in [0.15, 0.2) is 66.7 Å². The first kappa shape index (κ1) is 21.8. The molecular weight excluding hydrogens is 400 g/mol. The predicted molar refractivity (Wildman–Crippen MR) is 128 cm³/mol. The SMILES string of the molecule is CCC(C)C(=O)OCC(=O)OC(C)(C)c1ccc2cc3cc4ccccc4cc3cc2c1. The number of hydrogen-bond acceptors (Lipinski definition) is 4. The van der Waals surface area contributed by atoms with Crippen molar-refractivity contribution in [3.05, 3.63) is 72.3 Å². The van der Waals surface area contributed by atoms with Crippen LogP contribution in [0.3, 0.4) is 0 Å². The molecule has 0 saturated heterocycles. The molecule has 1 atom stereocenters. The standard InChI is InChI=1S/C28H28O4/c1-5-18(2)27(30)31-17-26(29)32-28(3,4)25-11-10-21-14-22-12-19-8-6-7-9-20(19)13-23(22)15-24(21)16-25/h6-16,18H,5,17H2,1-4H3. The quantitative estimate of drug-likeness (QED) is 0.259. The number of hydrogen-bond donors (Lipinski definition) is 0. The van der Waals surface area contributed by atoms with E-state index in [9.17, 15) is 9.59 Å². The van der Waals surface area contributed by atoms with Gasteiger partial charge in [0.15, 0.2) is 6.61 Å². The van der Waals surface area contributed by atoms with Gasteiger partial charge in [0.25, 0.3) is 0 Å². The summed E-state index contributed by atoms with van der Waals surface area (Å²) in [5, 5.41) is 6.99. The van der Waals surface area contributed by atoms with Crippen LogP contribution in [0, 0.1) is 5.92 Å². The molecule has 0 bridgehead atoms. The molecule has 0 radical (unpaired) electrons. The smallest absolute Gasteiger partial charge is 0.345 e. The van der Waals surface area contributed by atoms with Crippen LogP contribution in [0.2, 0.25) is 0 Å². The van der Waals surface area contributed by atoms with E-state index in [0.717, 1.165) is 16.3 Å². The Morgan fingerprint density at radius 1 is 0.812 bits per heavy atom. The third-order valence-electron chi connectivity index (χ3n) is 6.07. The summed E-state index contributed by atoms with van der Waals surface area (Å²) >= 11 is 0. The Morgan fingerprint density at radius 2 is 1.34 bits per heavy atom. The Balaban J connectivity index is 1.58. The number of rotatable bonds is 6. The summed E-state index contributed by atoms with van der Waals surface area (Å²) < 4.78 is 10.7. The largest absolute Gasteiger partial charge is 0.453 e. The highest BCUT2D eigenvalue weighted by Gasteiger charge is 2.26. The van der Waals surface area contributed by atoms with Crippen LogP contribution < -0.4 is 0 Å². The van der Waals surface area contributed by atoms with E-state index >= 15 is 0 Å². The topological polar surface area (TPSA) is 52.6 Å². The first-order valence-electron chi connectivity index (χ1n) is 11.0. The van der Waals surface area contributed by atoms with Crippen molar-refractivity contribution in [2.45, 2.75) is 39.7 Å². The molecule has 0 aliphatic heterocycles. The molecule has 32 heavy (non-hydrogen) atoms. The maximum Gasteiger partial charge on any atom is 0.345 e. The third kappa shape index (κ3) is 4.45. The first-order valence-corrected chi connectivity index (χ1v) is 11.0. The molecule has 0 aromatic heterocycles. The van der Waals surface area contributed by atoms with Gasteiger partial charge in [-0.1, -0.05) is 50.2 Å². The minimum atomic E-state index is -0.855. The molecule has 4 nitrogen and oxygen atoms in total. The lowest BCUT2D eigenvalue weighted by molar-refractivity contribution is -0.169. The zero-order chi connectivity index (χ0) is 22.9. The second-order valence-electron chi connectivity index (χ2n) is 8.86. The van der Waals surface area contributed by atoms with E-state index in [4.69, 9.17) is 9.47 Å². The van der Waals surface area contributed by atoms with E-state index in [1.807, 2.05) is 32.9 Å². The molecule has 4 heteroatoms. The molecule has 0 aliphatic rings. The van der Waals surface area contributed by atoms with Crippen molar-refractivity contribution < 1.29 is 19.1 Å². The number of fused-ring (bicyclic) bond motifs is 3. The molecule has 1 unspecified atom stereocenters. The zero-order valence-corrected chi connectivity index (χ0v) is 19.0. The van der Waals surface area contributed by atoms with Crippen LogP contribution >= 0.6 is 0 Å². The third-order valence-corrected chi connectivity index (χ3v) is 6.07. The molecule has 0 fully saturated rings. The molecule has 4 aromatic rings. The average Bonchev–Trinajstić information content (AvgIpc) is 2.78. The second kappa shape index (κ2) is 8.62. The van der Waals surface area contributed by atoms with Crippen LogP contribution in [0.25, 0.3) is 32.3 Å². The summed E-state index contributed by atoms with van der Waals surface area (Å²) in [6.07, 6.45) is 0.668. The van der Waals surface area contributed by atoms with Gasteiger partial charge in [-0.05, 0) is 88.5 Å². The summed E-state index contributed by atoms with van der Waals surface area (Å²) in [6.45, 7) is 6.99. The fourth-order valence-electron chi connectivity index (χ4n) is 3.88. The molecule has 0 aliphatic carbocycles. The van der Waals surface area contributed by atoms with Crippen LogP contribution in [0.4, 0.5) is 0 Å². The van der Waals surface area contributed by atoms with Crippen molar-refractivity contribution in [3.8, 4) is 0 Å². The Morgan fingerprint density at radius 3 is 1.94 bits per heavy atom. The summed E-state index contributed by atoms with van der Waals surface area (Å²) in [7, 11) is 0. The minimum absolute atomic E-state index is 0.233. The summed E-state index contributed by atoms with van der Waals surface area (Å²) in [5.41, 5.74) is 0.0265. The maximum atomic E-state index is 12.3. The Labute approximate surface area is 188 Å². The van der Waals surface area contributed by atoms with Crippen molar-refractivity contribution >= 4 is 44.3 Å². The molecule has 4 rings (SSSR count). The van der Waals surface area contributed by atoms with E-state index in [-0.39, 0.29) is 18.5 Å². The van der Waals surface area contributed by atoms with Gasteiger partial charge >= 0.3 is 11.9 Å². The number of ether oxygens (including phenoxy) is 2. The van der Waals surface area contributed by atoms with Gasteiger partial charge < -0.3 is 9.47 Å². The number of carbonyl (C=O) groups excluding carboxylic acids is 2. The molecule has 0 heterocycles. The fourth-order valence-corrected chi connectivity index (χ4v) is 3.88. The van der Waals surface area contributed by atoms with Gasteiger partial charge in [0.1, 0.15) is 5.60 Å². The minimum Gasteiger partial charge on any atom is -0.453 e. The van der Waals surface area contributed by atoms with Crippen molar-refractivity contribution in [2.75, 3.05) is 6.61 Å². The molecule has 0 N–H and O–H groups in total. The average molecular weight is 429 g/mol. The molecular formula is C28H28O4. The normalized spacial score (nSPS) is 12.8. The van der Waals surface area contributed by atoms with Crippen molar-refractivity contribution in [1.29, 1.82) is 0 Å². The van der Waals surface area contributed by atoms with Gasteiger partial charge in [0.2, 0.25) is 0 Å². The van der Waals surface area contributed by atoms with E-state index in [0.29, 0.717) is 6.42 Å². The van der Waals surface area contributed by atoms with Gasteiger partial charge in [-0.2, -0.15) is 0 Å².